The number of carbonyl (C=O) groups excluding carboxylic acids is 2. The summed E-state index contributed by atoms with van der Waals surface area (Å²) in [6.45, 7) is 2.82. The Morgan fingerprint density at radius 2 is 1.74 bits per heavy atom. The molecule has 9 heteroatoms. The molecule has 2 aromatic carbocycles. The highest BCUT2D eigenvalue weighted by atomic mass is 32.2. The van der Waals surface area contributed by atoms with Crippen molar-refractivity contribution in [3.63, 3.8) is 0 Å². The second-order valence-electron chi connectivity index (χ2n) is 7.54. The number of likely N-dealkylation sites (tertiary alicyclic amines) is 1. The lowest BCUT2D eigenvalue weighted by atomic mass is 10.1. The Morgan fingerprint density at radius 3 is 2.48 bits per heavy atom. The van der Waals surface area contributed by atoms with Crippen molar-refractivity contribution in [1.29, 1.82) is 0 Å². The van der Waals surface area contributed by atoms with Gasteiger partial charge in [-0.3, -0.25) is 13.9 Å². The van der Waals surface area contributed by atoms with Crippen LogP contribution in [0.5, 0.6) is 5.75 Å². The number of benzene rings is 2. The number of anilines is 2. The summed E-state index contributed by atoms with van der Waals surface area (Å²) in [5.41, 5.74) is 1.21. The molecule has 1 saturated heterocycles. The Bertz CT molecular complexity index is 1100. The fraction of sp³-hybridized carbons (Fsp3) is 0.364. The van der Waals surface area contributed by atoms with E-state index >= 15 is 0 Å². The molecule has 164 valence electrons. The van der Waals surface area contributed by atoms with E-state index in [-0.39, 0.29) is 18.2 Å². The first-order chi connectivity index (χ1) is 14.9. The Kier molecular flexibility index (Phi) is 5.86. The van der Waals surface area contributed by atoms with Gasteiger partial charge in [-0.1, -0.05) is 24.3 Å². The molecule has 1 atom stereocenters. The van der Waals surface area contributed by atoms with Crippen molar-refractivity contribution >= 4 is 33.2 Å². The zero-order valence-electron chi connectivity index (χ0n) is 17.3. The predicted molar refractivity (Wildman–Crippen MR) is 118 cm³/mol. The summed E-state index contributed by atoms with van der Waals surface area (Å²) in [6, 6.07) is 13.6. The number of nitrogens with zero attached hydrogens (tertiary/aromatic N) is 2. The van der Waals surface area contributed by atoms with Gasteiger partial charge in [-0.15, -0.1) is 0 Å². The van der Waals surface area contributed by atoms with Crippen LogP contribution < -0.4 is 14.4 Å². The number of fused-ring (bicyclic) bond motifs is 1. The second kappa shape index (κ2) is 8.58. The van der Waals surface area contributed by atoms with E-state index in [2.05, 4.69) is 5.32 Å². The number of hydrogen-bond acceptors (Lipinski definition) is 5. The van der Waals surface area contributed by atoms with Gasteiger partial charge < -0.3 is 15.0 Å². The summed E-state index contributed by atoms with van der Waals surface area (Å²) in [5, 5.41) is 2.77. The smallest absolute Gasteiger partial charge is 0.267 e. The molecule has 8 nitrogen and oxygen atoms in total. The topological polar surface area (TPSA) is 96.0 Å². The lowest BCUT2D eigenvalue weighted by Crippen LogP contribution is -2.49. The molecule has 0 bridgehead atoms. The largest absolute Gasteiger partial charge is 0.476 e. The molecular formula is C22H25N3O5S. The highest BCUT2D eigenvalue weighted by molar-refractivity contribution is 7.92. The number of sulfonamides is 1. The maximum atomic E-state index is 13.1. The van der Waals surface area contributed by atoms with Crippen molar-refractivity contribution in [2.45, 2.75) is 25.9 Å². The third-order valence-electron chi connectivity index (χ3n) is 5.54. The molecule has 0 aromatic heterocycles. The van der Waals surface area contributed by atoms with Gasteiger partial charge in [0, 0.05) is 13.1 Å². The van der Waals surface area contributed by atoms with Gasteiger partial charge in [0.15, 0.2) is 6.10 Å². The minimum atomic E-state index is -3.59. The van der Waals surface area contributed by atoms with Crippen LogP contribution in [0.3, 0.4) is 0 Å². The summed E-state index contributed by atoms with van der Waals surface area (Å²) < 4.78 is 32.3. The van der Waals surface area contributed by atoms with E-state index in [1.165, 1.54) is 4.31 Å². The molecule has 2 heterocycles. The number of para-hydroxylation sites is 3. The first-order valence-electron chi connectivity index (χ1n) is 10.4. The van der Waals surface area contributed by atoms with E-state index < -0.39 is 22.0 Å². The number of rotatable bonds is 5. The van der Waals surface area contributed by atoms with Crippen molar-refractivity contribution < 1.29 is 22.7 Å². The fourth-order valence-corrected chi connectivity index (χ4v) is 4.97. The summed E-state index contributed by atoms with van der Waals surface area (Å²) in [7, 11) is -3.59. The predicted octanol–water partition coefficient (Wildman–Crippen LogP) is 2.48. The quantitative estimate of drug-likeness (QED) is 0.766. The first kappa shape index (κ1) is 21.2. The maximum Gasteiger partial charge on any atom is 0.267 e. The maximum absolute atomic E-state index is 13.1. The van der Waals surface area contributed by atoms with Crippen molar-refractivity contribution in [2.24, 2.45) is 0 Å². The summed E-state index contributed by atoms with van der Waals surface area (Å²) in [5.74, 6) is -0.402. The standard InChI is InChI=1S/C22H25N3O5S/c1-2-31(28,29)25-15-20(30-19-12-6-5-11-18(19)25)21(26)23-17-10-4-3-9-16(17)22(27)24-13-7-8-14-24/h3-6,9-12,20H,2,7-8,13-15H2,1H3,(H,23,26). The number of hydrogen-bond donors (Lipinski definition) is 1. The van der Waals surface area contributed by atoms with Gasteiger partial charge in [-0.2, -0.15) is 0 Å². The molecule has 2 amide bonds. The van der Waals surface area contributed by atoms with E-state index in [4.69, 9.17) is 4.74 Å². The van der Waals surface area contributed by atoms with Crippen LogP contribution in [0.25, 0.3) is 0 Å². The van der Waals surface area contributed by atoms with E-state index in [0.29, 0.717) is 35.8 Å². The molecule has 1 unspecified atom stereocenters. The number of amides is 2. The third kappa shape index (κ3) is 4.23. The van der Waals surface area contributed by atoms with Crippen molar-refractivity contribution in [3.05, 3.63) is 54.1 Å². The van der Waals surface area contributed by atoms with Crippen LogP contribution in [-0.4, -0.2) is 56.6 Å². The fourth-order valence-electron chi connectivity index (χ4n) is 3.84. The lowest BCUT2D eigenvalue weighted by Gasteiger charge is -2.34. The van der Waals surface area contributed by atoms with Crippen LogP contribution in [0.2, 0.25) is 0 Å². The van der Waals surface area contributed by atoms with Crippen molar-refractivity contribution in [1.82, 2.24) is 4.90 Å². The van der Waals surface area contributed by atoms with Crippen LogP contribution in [0, 0.1) is 0 Å². The van der Waals surface area contributed by atoms with E-state index in [9.17, 15) is 18.0 Å². The third-order valence-corrected chi connectivity index (χ3v) is 7.28. The van der Waals surface area contributed by atoms with Crippen LogP contribution in [0.4, 0.5) is 11.4 Å². The van der Waals surface area contributed by atoms with Gasteiger partial charge in [-0.05, 0) is 44.0 Å². The molecule has 31 heavy (non-hydrogen) atoms. The molecule has 4 rings (SSSR count). The van der Waals surface area contributed by atoms with E-state index in [1.807, 2.05) is 0 Å². The molecule has 0 radical (unpaired) electrons. The Morgan fingerprint density at radius 1 is 1.06 bits per heavy atom. The van der Waals surface area contributed by atoms with Gasteiger partial charge in [0.05, 0.1) is 29.2 Å². The van der Waals surface area contributed by atoms with Crippen LogP contribution >= 0.6 is 0 Å². The minimum Gasteiger partial charge on any atom is -0.476 e. The minimum absolute atomic E-state index is 0.0944. The number of ether oxygens (including phenoxy) is 1. The monoisotopic (exact) mass is 443 g/mol. The summed E-state index contributed by atoms with van der Waals surface area (Å²) in [4.78, 5) is 27.7. The Balaban J connectivity index is 1.58. The van der Waals surface area contributed by atoms with Crippen LogP contribution in [0.15, 0.2) is 48.5 Å². The van der Waals surface area contributed by atoms with Gasteiger partial charge >= 0.3 is 0 Å². The molecule has 2 aromatic rings. The van der Waals surface area contributed by atoms with Gasteiger partial charge in [0.2, 0.25) is 10.0 Å². The van der Waals surface area contributed by atoms with Gasteiger partial charge in [0.25, 0.3) is 11.8 Å². The molecule has 0 spiro atoms. The molecule has 0 aliphatic carbocycles. The first-order valence-corrected chi connectivity index (χ1v) is 12.0. The highest BCUT2D eigenvalue weighted by Gasteiger charge is 2.36. The zero-order chi connectivity index (χ0) is 22.0. The summed E-state index contributed by atoms with van der Waals surface area (Å²) in [6.07, 6.45) is 0.889. The number of nitrogens with one attached hydrogen (secondary N) is 1. The van der Waals surface area contributed by atoms with Crippen molar-refractivity contribution in [2.75, 3.05) is 35.0 Å². The SMILES string of the molecule is CCS(=O)(=O)N1CC(C(=O)Nc2ccccc2C(=O)N2CCCC2)Oc2ccccc21. The average Bonchev–Trinajstić information content (AvgIpc) is 3.33. The van der Waals surface area contributed by atoms with E-state index in [0.717, 1.165) is 12.8 Å². The average molecular weight is 444 g/mol. The summed E-state index contributed by atoms with van der Waals surface area (Å²) >= 11 is 0. The van der Waals surface area contributed by atoms with Crippen LogP contribution in [0.1, 0.15) is 30.1 Å². The lowest BCUT2D eigenvalue weighted by molar-refractivity contribution is -0.122. The molecule has 2 aliphatic heterocycles. The van der Waals surface area contributed by atoms with Crippen LogP contribution in [-0.2, 0) is 14.8 Å². The zero-order valence-corrected chi connectivity index (χ0v) is 18.1. The molecule has 0 saturated carbocycles. The highest BCUT2D eigenvalue weighted by Crippen LogP contribution is 2.35. The molecule has 1 fully saturated rings. The molecule has 2 aliphatic rings. The molecular weight excluding hydrogens is 418 g/mol. The number of carbonyl (C=O) groups is 2. The Hall–Kier alpha value is -3.07. The molecule has 1 N–H and O–H groups in total. The Labute approximate surface area is 181 Å². The van der Waals surface area contributed by atoms with E-state index in [1.54, 1.807) is 60.4 Å². The second-order valence-corrected chi connectivity index (χ2v) is 9.72. The van der Waals surface area contributed by atoms with Gasteiger partial charge in [0.1, 0.15) is 5.75 Å². The van der Waals surface area contributed by atoms with Gasteiger partial charge in [-0.25, -0.2) is 8.42 Å². The normalized spacial score (nSPS) is 18.3. The van der Waals surface area contributed by atoms with Crippen molar-refractivity contribution in [3.8, 4) is 5.75 Å².